The van der Waals surface area contributed by atoms with Crippen molar-refractivity contribution in [3.8, 4) is 0 Å². The van der Waals surface area contributed by atoms with E-state index in [0.717, 1.165) is 0 Å². The minimum Gasteiger partial charge on any atom is -0.393 e. The van der Waals surface area contributed by atoms with Crippen LogP contribution in [0.2, 0.25) is 0 Å². The molecule has 2 fully saturated rings. The van der Waals surface area contributed by atoms with Crippen LogP contribution in [0.1, 0.15) is 18.7 Å². The van der Waals surface area contributed by atoms with Crippen molar-refractivity contribution in [2.75, 3.05) is 6.61 Å². The summed E-state index contributed by atoms with van der Waals surface area (Å²) < 4.78 is 12.9. The molecule has 7 nitrogen and oxygen atoms in total. The van der Waals surface area contributed by atoms with E-state index in [1.807, 2.05) is 0 Å². The molecule has 5 atom stereocenters. The molecular weight excluding hydrogens is 284 g/mol. The molecule has 0 aliphatic carbocycles. The number of aliphatic hydroxyl groups is 1. The highest BCUT2D eigenvalue weighted by molar-refractivity contribution is 7.81. The molecule has 2 aliphatic heterocycles. The van der Waals surface area contributed by atoms with E-state index < -0.39 is 29.2 Å². The molecule has 2 N–H and O–H groups in total. The van der Waals surface area contributed by atoms with Crippen molar-refractivity contribution in [3.63, 3.8) is 0 Å². The lowest BCUT2D eigenvalue weighted by molar-refractivity contribution is -0.216. The molecular formula is C12H16N2O5S. The summed E-state index contributed by atoms with van der Waals surface area (Å²) in [6.07, 6.45) is -0.0326. The SMILES string of the molecule is Cc1cn([C@@H]2O[C@@]3(CO)C(C)OC2C3S)c(=O)[nH]c1=O. The van der Waals surface area contributed by atoms with Gasteiger partial charge in [0.25, 0.3) is 5.56 Å². The number of aliphatic hydroxyl groups excluding tert-OH is 1. The summed E-state index contributed by atoms with van der Waals surface area (Å²) in [4.78, 5) is 25.6. The van der Waals surface area contributed by atoms with Gasteiger partial charge in [-0.05, 0) is 13.8 Å². The second kappa shape index (κ2) is 4.45. The zero-order chi connectivity index (χ0) is 14.7. The van der Waals surface area contributed by atoms with Crippen molar-refractivity contribution in [3.05, 3.63) is 32.6 Å². The maximum absolute atomic E-state index is 11.9. The summed E-state index contributed by atoms with van der Waals surface area (Å²) >= 11 is 4.46. The third-order valence-corrected chi connectivity index (χ3v) is 4.88. The van der Waals surface area contributed by atoms with Crippen molar-refractivity contribution in [1.29, 1.82) is 0 Å². The monoisotopic (exact) mass is 300 g/mol. The number of aromatic amines is 1. The molecule has 1 aromatic rings. The van der Waals surface area contributed by atoms with Gasteiger partial charge >= 0.3 is 5.69 Å². The zero-order valence-electron chi connectivity index (χ0n) is 11.1. The Morgan fingerprint density at radius 2 is 2.25 bits per heavy atom. The van der Waals surface area contributed by atoms with Crippen LogP contribution >= 0.6 is 12.6 Å². The largest absolute Gasteiger partial charge is 0.393 e. The van der Waals surface area contributed by atoms with Gasteiger partial charge in [-0.3, -0.25) is 14.3 Å². The second-order valence-electron chi connectivity index (χ2n) is 5.29. The number of rotatable bonds is 2. The van der Waals surface area contributed by atoms with Crippen molar-refractivity contribution < 1.29 is 14.6 Å². The number of hydrogen-bond donors (Lipinski definition) is 3. The molecule has 0 amide bonds. The highest BCUT2D eigenvalue weighted by Gasteiger charge is 2.64. The van der Waals surface area contributed by atoms with Crippen LogP contribution in [0, 0.1) is 6.92 Å². The van der Waals surface area contributed by atoms with Crippen LogP contribution < -0.4 is 11.2 Å². The van der Waals surface area contributed by atoms with Gasteiger partial charge in [0.1, 0.15) is 11.7 Å². The van der Waals surface area contributed by atoms with Gasteiger partial charge in [-0.25, -0.2) is 4.79 Å². The molecule has 0 spiro atoms. The fraction of sp³-hybridized carbons (Fsp3) is 0.667. The van der Waals surface area contributed by atoms with E-state index in [1.54, 1.807) is 13.8 Å². The van der Waals surface area contributed by atoms with Crippen LogP contribution in [0.15, 0.2) is 15.8 Å². The first kappa shape index (κ1) is 13.9. The van der Waals surface area contributed by atoms with Crippen molar-refractivity contribution in [2.24, 2.45) is 0 Å². The van der Waals surface area contributed by atoms with E-state index in [0.29, 0.717) is 5.56 Å². The standard InChI is InChI=1S/C12H16N2O5S/c1-5-3-14(11(17)13-9(5)16)10-7-8(20)12(4-15,19-10)6(2)18-7/h3,6-8,10,15,20H,4H2,1-2H3,(H,13,16,17)/t6?,7?,8?,10-,12+/m1/s1. The molecule has 110 valence electrons. The van der Waals surface area contributed by atoms with E-state index in [2.05, 4.69) is 17.6 Å². The number of nitrogens with zero attached hydrogens (tertiary/aromatic N) is 1. The molecule has 0 aromatic carbocycles. The molecule has 0 saturated carbocycles. The van der Waals surface area contributed by atoms with Gasteiger partial charge in [-0.1, -0.05) is 0 Å². The number of thiol groups is 1. The first-order valence-corrected chi connectivity index (χ1v) is 6.86. The van der Waals surface area contributed by atoms with E-state index in [4.69, 9.17) is 9.47 Å². The number of aromatic nitrogens is 2. The number of fused-ring (bicyclic) bond motifs is 2. The average Bonchev–Trinajstić information content (AvgIpc) is 2.81. The third-order valence-electron chi connectivity index (χ3n) is 4.15. The van der Waals surface area contributed by atoms with Crippen molar-refractivity contribution in [2.45, 2.75) is 43.1 Å². The van der Waals surface area contributed by atoms with Gasteiger partial charge < -0.3 is 14.6 Å². The summed E-state index contributed by atoms with van der Waals surface area (Å²) in [6.45, 7) is 3.16. The summed E-state index contributed by atoms with van der Waals surface area (Å²) in [5, 5.41) is 9.28. The molecule has 1 aromatic heterocycles. The molecule has 3 heterocycles. The van der Waals surface area contributed by atoms with Crippen LogP contribution in [-0.2, 0) is 9.47 Å². The molecule has 3 unspecified atom stereocenters. The van der Waals surface area contributed by atoms with E-state index >= 15 is 0 Å². The Bertz CT molecular complexity index is 656. The normalized spacial score (nSPS) is 39.4. The average molecular weight is 300 g/mol. The number of nitrogens with one attached hydrogen (secondary N) is 1. The van der Waals surface area contributed by atoms with Crippen LogP contribution in [0.4, 0.5) is 0 Å². The third kappa shape index (κ3) is 1.65. The van der Waals surface area contributed by atoms with Crippen LogP contribution in [-0.4, -0.2) is 44.3 Å². The predicted octanol–water partition coefficient (Wildman–Crippen LogP) is -0.809. The molecule has 3 rings (SSSR count). The Balaban J connectivity index is 2.05. The van der Waals surface area contributed by atoms with Gasteiger partial charge in [0, 0.05) is 11.8 Å². The quantitative estimate of drug-likeness (QED) is 0.621. The molecule has 2 aliphatic rings. The summed E-state index contributed by atoms with van der Waals surface area (Å²) in [7, 11) is 0. The Morgan fingerprint density at radius 1 is 1.55 bits per heavy atom. The zero-order valence-corrected chi connectivity index (χ0v) is 12.0. The van der Waals surface area contributed by atoms with Gasteiger partial charge in [0.15, 0.2) is 6.23 Å². The van der Waals surface area contributed by atoms with E-state index in [-0.39, 0.29) is 18.0 Å². The maximum atomic E-state index is 11.9. The lowest BCUT2D eigenvalue weighted by Crippen LogP contribution is -2.49. The minimum absolute atomic E-state index is 0.244. The number of H-pyrrole nitrogens is 1. The first-order chi connectivity index (χ1) is 9.40. The van der Waals surface area contributed by atoms with Crippen molar-refractivity contribution in [1.82, 2.24) is 9.55 Å². The van der Waals surface area contributed by atoms with E-state index in [9.17, 15) is 14.7 Å². The number of aryl methyl sites for hydroxylation is 1. The molecule has 20 heavy (non-hydrogen) atoms. The molecule has 8 heteroatoms. The smallest absolute Gasteiger partial charge is 0.330 e. The van der Waals surface area contributed by atoms with Gasteiger partial charge in [0.05, 0.1) is 18.0 Å². The van der Waals surface area contributed by atoms with Crippen LogP contribution in [0.5, 0.6) is 0 Å². The lowest BCUT2D eigenvalue weighted by atomic mass is 9.97. The number of hydrogen-bond acceptors (Lipinski definition) is 6. The number of ether oxygens (including phenoxy) is 2. The summed E-state index contributed by atoms with van der Waals surface area (Å²) in [6, 6.07) is 0. The maximum Gasteiger partial charge on any atom is 0.330 e. The molecule has 0 radical (unpaired) electrons. The van der Waals surface area contributed by atoms with Gasteiger partial charge in [0.2, 0.25) is 0 Å². The topological polar surface area (TPSA) is 93.6 Å². The Hall–Kier alpha value is -1.09. The summed E-state index contributed by atoms with van der Waals surface area (Å²) in [5.41, 5.74) is -1.52. The lowest BCUT2D eigenvalue weighted by Gasteiger charge is -2.35. The van der Waals surface area contributed by atoms with Crippen LogP contribution in [0.3, 0.4) is 0 Å². The predicted molar refractivity (Wildman–Crippen MR) is 73.1 cm³/mol. The van der Waals surface area contributed by atoms with E-state index in [1.165, 1.54) is 10.8 Å². The van der Waals surface area contributed by atoms with Crippen LogP contribution in [0.25, 0.3) is 0 Å². The van der Waals surface area contributed by atoms with Gasteiger partial charge in [-0.15, -0.1) is 0 Å². The minimum atomic E-state index is -0.929. The van der Waals surface area contributed by atoms with Gasteiger partial charge in [-0.2, -0.15) is 12.6 Å². The summed E-state index contributed by atoms with van der Waals surface area (Å²) in [5.74, 6) is 0. The first-order valence-electron chi connectivity index (χ1n) is 6.35. The fourth-order valence-electron chi connectivity index (χ4n) is 2.87. The second-order valence-corrected chi connectivity index (χ2v) is 5.84. The highest BCUT2D eigenvalue weighted by Crippen LogP contribution is 2.50. The Labute approximate surface area is 119 Å². The fourth-order valence-corrected chi connectivity index (χ4v) is 3.44. The Morgan fingerprint density at radius 3 is 2.85 bits per heavy atom. The highest BCUT2D eigenvalue weighted by atomic mass is 32.1. The van der Waals surface area contributed by atoms with Crippen molar-refractivity contribution >= 4 is 12.6 Å². The molecule has 2 saturated heterocycles. The Kier molecular flexibility index (Phi) is 3.09. The molecule has 2 bridgehead atoms.